The maximum absolute atomic E-state index is 12.7. The van der Waals surface area contributed by atoms with Gasteiger partial charge in [0.15, 0.2) is 5.17 Å². The summed E-state index contributed by atoms with van der Waals surface area (Å²) in [6.07, 6.45) is 4.10. The molecule has 0 atom stereocenters. The number of nitrogens with zero attached hydrogens (tertiary/aromatic N) is 2. The van der Waals surface area contributed by atoms with Gasteiger partial charge in [-0.05, 0) is 79.2 Å². The van der Waals surface area contributed by atoms with Crippen LogP contribution in [0.25, 0.3) is 17.0 Å². The van der Waals surface area contributed by atoms with Gasteiger partial charge in [0.1, 0.15) is 0 Å². The van der Waals surface area contributed by atoms with Gasteiger partial charge in [-0.1, -0.05) is 41.9 Å². The molecule has 0 bridgehead atoms. The van der Waals surface area contributed by atoms with Crippen molar-refractivity contribution in [3.8, 4) is 0 Å². The molecule has 3 aromatic carbocycles. The van der Waals surface area contributed by atoms with E-state index in [4.69, 9.17) is 16.6 Å². The molecule has 1 amide bonds. The number of carbonyl (C=O) groups excluding carboxylic acids is 1. The van der Waals surface area contributed by atoms with E-state index in [2.05, 4.69) is 41.2 Å². The molecule has 1 aliphatic heterocycles. The SMILES string of the molecule is Cc1cccc(N=C2NC(=O)/C(=C/c3cn(CCSc4ccc(Cl)cc4)c4ccccc34)S2)c1C. The lowest BCUT2D eigenvalue weighted by molar-refractivity contribution is -0.115. The Labute approximate surface area is 218 Å². The molecule has 0 saturated carbocycles. The second-order valence-electron chi connectivity index (χ2n) is 8.30. The molecule has 4 nitrogen and oxygen atoms in total. The quantitative estimate of drug-likeness (QED) is 0.211. The maximum atomic E-state index is 12.7. The van der Waals surface area contributed by atoms with Crippen molar-refractivity contribution in [1.82, 2.24) is 9.88 Å². The molecule has 1 aliphatic rings. The van der Waals surface area contributed by atoms with Gasteiger partial charge in [0, 0.05) is 44.9 Å². The molecule has 35 heavy (non-hydrogen) atoms. The summed E-state index contributed by atoms with van der Waals surface area (Å²) in [5, 5.41) is 5.41. The van der Waals surface area contributed by atoms with E-state index in [1.165, 1.54) is 22.2 Å². The molecule has 0 unspecified atom stereocenters. The second kappa shape index (κ2) is 10.4. The minimum absolute atomic E-state index is 0.116. The fraction of sp³-hybridized carbons (Fsp3) is 0.143. The molecular weight excluding hydrogens is 494 g/mol. The van der Waals surface area contributed by atoms with Gasteiger partial charge in [-0.15, -0.1) is 11.8 Å². The standard InChI is InChI=1S/C28H24ClN3OS2/c1-18-6-5-8-24(19(18)2)30-28-31-27(33)26(35-28)16-20-17-32(25-9-4-3-7-23(20)25)14-15-34-22-12-10-21(29)11-13-22/h3-13,16-17H,14-15H2,1-2H3,(H,30,31,33)/b26-16-. The van der Waals surface area contributed by atoms with Crippen LogP contribution in [-0.4, -0.2) is 21.4 Å². The van der Waals surface area contributed by atoms with Gasteiger partial charge < -0.3 is 9.88 Å². The van der Waals surface area contributed by atoms with Gasteiger partial charge in [-0.2, -0.15) is 0 Å². The number of rotatable bonds is 6. The molecule has 0 radical (unpaired) electrons. The number of halogens is 1. The van der Waals surface area contributed by atoms with Gasteiger partial charge in [-0.25, -0.2) is 4.99 Å². The molecule has 1 saturated heterocycles. The van der Waals surface area contributed by atoms with E-state index < -0.39 is 0 Å². The number of fused-ring (bicyclic) bond motifs is 1. The van der Waals surface area contributed by atoms with E-state index >= 15 is 0 Å². The van der Waals surface area contributed by atoms with Crippen molar-refractivity contribution in [3.05, 3.63) is 99.5 Å². The zero-order chi connectivity index (χ0) is 24.4. The number of aromatic nitrogens is 1. The van der Waals surface area contributed by atoms with Crippen molar-refractivity contribution in [3.63, 3.8) is 0 Å². The third-order valence-electron chi connectivity index (χ3n) is 5.97. The van der Waals surface area contributed by atoms with Crippen LogP contribution >= 0.6 is 35.1 Å². The third kappa shape index (κ3) is 5.35. The number of thioether (sulfide) groups is 2. The third-order valence-corrected chi connectivity index (χ3v) is 8.12. The van der Waals surface area contributed by atoms with Crippen LogP contribution in [0, 0.1) is 13.8 Å². The number of carbonyl (C=O) groups is 1. The Morgan fingerprint density at radius 3 is 2.69 bits per heavy atom. The second-order valence-corrected chi connectivity index (χ2v) is 10.9. The minimum atomic E-state index is -0.116. The van der Waals surface area contributed by atoms with Crippen LogP contribution in [0.1, 0.15) is 16.7 Å². The fourth-order valence-electron chi connectivity index (χ4n) is 3.96. The maximum Gasteiger partial charge on any atom is 0.264 e. The van der Waals surface area contributed by atoms with Crippen LogP contribution < -0.4 is 5.32 Å². The summed E-state index contributed by atoms with van der Waals surface area (Å²) in [6.45, 7) is 4.97. The molecule has 2 heterocycles. The van der Waals surface area contributed by atoms with E-state index in [1.54, 1.807) is 11.8 Å². The minimum Gasteiger partial charge on any atom is -0.346 e. The van der Waals surface area contributed by atoms with Crippen molar-refractivity contribution in [2.24, 2.45) is 4.99 Å². The highest BCUT2D eigenvalue weighted by Gasteiger charge is 2.24. The topological polar surface area (TPSA) is 46.4 Å². The summed E-state index contributed by atoms with van der Waals surface area (Å²) in [6, 6.07) is 22.3. The van der Waals surface area contributed by atoms with Crippen molar-refractivity contribution in [2.45, 2.75) is 25.3 Å². The fourth-order valence-corrected chi connectivity index (χ4v) is 5.76. The Balaban J connectivity index is 1.37. The highest BCUT2D eigenvalue weighted by molar-refractivity contribution is 8.18. The first-order valence-corrected chi connectivity index (χ1v) is 13.5. The highest BCUT2D eigenvalue weighted by Crippen LogP contribution is 2.32. The largest absolute Gasteiger partial charge is 0.346 e. The number of amidine groups is 1. The Bertz CT molecular complexity index is 1470. The number of aliphatic imine (C=N–C) groups is 1. The molecule has 176 valence electrons. The predicted octanol–water partition coefficient (Wildman–Crippen LogP) is 7.60. The number of hydrogen-bond donors (Lipinski definition) is 1. The predicted molar refractivity (Wildman–Crippen MR) is 151 cm³/mol. The van der Waals surface area contributed by atoms with Gasteiger partial charge in [0.05, 0.1) is 10.6 Å². The Hall–Kier alpha value is -2.93. The Morgan fingerprint density at radius 2 is 1.86 bits per heavy atom. The first-order valence-electron chi connectivity index (χ1n) is 11.3. The van der Waals surface area contributed by atoms with Gasteiger partial charge in [0.2, 0.25) is 0 Å². The van der Waals surface area contributed by atoms with Crippen molar-refractivity contribution < 1.29 is 4.79 Å². The number of amides is 1. The van der Waals surface area contributed by atoms with Crippen LogP contribution in [0.5, 0.6) is 0 Å². The van der Waals surface area contributed by atoms with Crippen LogP contribution in [0.15, 0.2) is 87.7 Å². The van der Waals surface area contributed by atoms with Gasteiger partial charge in [-0.3, -0.25) is 4.79 Å². The van der Waals surface area contributed by atoms with E-state index in [0.717, 1.165) is 45.0 Å². The number of nitrogens with one attached hydrogen (secondary N) is 1. The number of aryl methyl sites for hydroxylation is 2. The summed E-state index contributed by atoms with van der Waals surface area (Å²) in [4.78, 5) is 19.3. The monoisotopic (exact) mass is 517 g/mol. The van der Waals surface area contributed by atoms with Crippen LogP contribution in [0.2, 0.25) is 5.02 Å². The number of para-hydroxylation sites is 1. The normalized spacial score (nSPS) is 15.9. The van der Waals surface area contributed by atoms with Gasteiger partial charge in [0.25, 0.3) is 5.91 Å². The summed E-state index contributed by atoms with van der Waals surface area (Å²) in [5.74, 6) is 0.812. The molecular formula is C28H24ClN3OS2. The van der Waals surface area contributed by atoms with Crippen molar-refractivity contribution in [1.29, 1.82) is 0 Å². The van der Waals surface area contributed by atoms with E-state index in [-0.39, 0.29) is 5.91 Å². The molecule has 1 fully saturated rings. The summed E-state index contributed by atoms with van der Waals surface area (Å²) in [7, 11) is 0. The van der Waals surface area contributed by atoms with E-state index in [1.807, 2.05) is 61.5 Å². The molecule has 0 aliphatic carbocycles. The Morgan fingerprint density at radius 1 is 1.06 bits per heavy atom. The number of hydrogen-bond acceptors (Lipinski definition) is 4. The highest BCUT2D eigenvalue weighted by atomic mass is 35.5. The van der Waals surface area contributed by atoms with E-state index in [0.29, 0.717) is 10.1 Å². The van der Waals surface area contributed by atoms with Crippen LogP contribution in [0.3, 0.4) is 0 Å². The van der Waals surface area contributed by atoms with Crippen molar-refractivity contribution >= 4 is 68.9 Å². The smallest absolute Gasteiger partial charge is 0.264 e. The first kappa shape index (κ1) is 23.8. The zero-order valence-corrected chi connectivity index (χ0v) is 21.8. The molecule has 1 aromatic heterocycles. The van der Waals surface area contributed by atoms with Crippen molar-refractivity contribution in [2.75, 3.05) is 5.75 Å². The molecule has 4 aromatic rings. The summed E-state index contributed by atoms with van der Waals surface area (Å²) < 4.78 is 2.26. The number of benzene rings is 3. The molecule has 0 spiro atoms. The Kier molecular flexibility index (Phi) is 7.04. The van der Waals surface area contributed by atoms with Crippen LogP contribution in [-0.2, 0) is 11.3 Å². The van der Waals surface area contributed by atoms with Gasteiger partial charge >= 0.3 is 0 Å². The van der Waals surface area contributed by atoms with E-state index in [9.17, 15) is 4.79 Å². The van der Waals surface area contributed by atoms with Crippen LogP contribution in [0.4, 0.5) is 5.69 Å². The molecule has 5 rings (SSSR count). The lowest BCUT2D eigenvalue weighted by Gasteiger charge is -2.05. The lowest BCUT2D eigenvalue weighted by atomic mass is 10.1. The lowest BCUT2D eigenvalue weighted by Crippen LogP contribution is -2.19. The summed E-state index contributed by atoms with van der Waals surface area (Å²) >= 11 is 9.18. The zero-order valence-electron chi connectivity index (χ0n) is 19.4. The molecule has 1 N–H and O–H groups in total. The molecule has 7 heteroatoms. The summed E-state index contributed by atoms with van der Waals surface area (Å²) in [5.41, 5.74) is 5.36. The average molecular weight is 518 g/mol. The average Bonchev–Trinajstić information content (AvgIpc) is 3.38. The first-order chi connectivity index (χ1) is 17.0.